The molecule has 1 saturated carbocycles. The molecule has 26 heavy (non-hydrogen) atoms. The van der Waals surface area contributed by atoms with E-state index < -0.39 is 51.4 Å². The molecule has 5 nitrogen and oxygen atoms in total. The monoisotopic (exact) mass is 362 g/mol. The van der Waals surface area contributed by atoms with Crippen LogP contribution in [0.1, 0.15) is 61.3 Å². The highest BCUT2D eigenvalue weighted by atomic mass is 16.3. The van der Waals surface area contributed by atoms with Crippen LogP contribution in [0.4, 0.5) is 0 Å². The maximum atomic E-state index is 13.4. The van der Waals surface area contributed by atoms with Crippen molar-refractivity contribution in [1.82, 2.24) is 0 Å². The third-order valence-electron chi connectivity index (χ3n) is 6.03. The lowest BCUT2D eigenvalue weighted by atomic mass is 9.62. The minimum absolute atomic E-state index is 0.141. The summed E-state index contributed by atoms with van der Waals surface area (Å²) in [5.74, 6) is -3.07. The number of allylic oxidation sites excluding steroid dienone is 4. The second-order valence-electron chi connectivity index (χ2n) is 9.08. The first-order valence-corrected chi connectivity index (χ1v) is 9.14. The summed E-state index contributed by atoms with van der Waals surface area (Å²) < 4.78 is 0. The summed E-state index contributed by atoms with van der Waals surface area (Å²) in [5.41, 5.74) is -3.42. The number of hydrogen-bond donors (Lipinski definition) is 2. The van der Waals surface area contributed by atoms with E-state index in [4.69, 9.17) is 0 Å². The topological polar surface area (TPSA) is 91.7 Å². The van der Waals surface area contributed by atoms with E-state index in [1.54, 1.807) is 27.7 Å². The summed E-state index contributed by atoms with van der Waals surface area (Å²) in [6.45, 7) is 11.7. The summed E-state index contributed by atoms with van der Waals surface area (Å²) in [4.78, 5) is 39.3. The van der Waals surface area contributed by atoms with Gasteiger partial charge in [0.15, 0.2) is 17.3 Å². The molecule has 0 heterocycles. The zero-order valence-corrected chi connectivity index (χ0v) is 16.8. The van der Waals surface area contributed by atoms with Crippen molar-refractivity contribution in [3.63, 3.8) is 0 Å². The van der Waals surface area contributed by atoms with Crippen molar-refractivity contribution in [2.45, 2.75) is 66.9 Å². The van der Waals surface area contributed by atoms with Crippen LogP contribution >= 0.6 is 0 Å². The molecule has 0 amide bonds. The summed E-state index contributed by atoms with van der Waals surface area (Å²) >= 11 is 0. The van der Waals surface area contributed by atoms with Gasteiger partial charge in [-0.2, -0.15) is 0 Å². The molecule has 5 heteroatoms. The van der Waals surface area contributed by atoms with E-state index in [2.05, 4.69) is 0 Å². The van der Waals surface area contributed by atoms with Gasteiger partial charge in [-0.15, -0.1) is 0 Å². The zero-order valence-electron chi connectivity index (χ0n) is 16.8. The van der Waals surface area contributed by atoms with Crippen LogP contribution in [0.3, 0.4) is 0 Å². The van der Waals surface area contributed by atoms with Crippen molar-refractivity contribution in [2.75, 3.05) is 0 Å². The smallest absolute Gasteiger partial charge is 0.183 e. The molecular weight excluding hydrogens is 332 g/mol. The number of hydrogen-bond acceptors (Lipinski definition) is 5. The molecule has 2 aliphatic rings. The summed E-state index contributed by atoms with van der Waals surface area (Å²) in [6, 6.07) is 0. The number of ketones is 3. The highest BCUT2D eigenvalue weighted by Gasteiger charge is 2.71. The largest absolute Gasteiger partial charge is 0.510 e. The highest BCUT2D eigenvalue weighted by Crippen LogP contribution is 2.62. The molecule has 0 aromatic carbocycles. The maximum Gasteiger partial charge on any atom is 0.183 e. The van der Waals surface area contributed by atoms with E-state index in [1.165, 1.54) is 6.92 Å². The van der Waals surface area contributed by atoms with Crippen molar-refractivity contribution in [2.24, 2.45) is 22.7 Å². The number of fused-ring (bicyclic) bond motifs is 2. The van der Waals surface area contributed by atoms with Gasteiger partial charge < -0.3 is 10.2 Å². The molecule has 0 aromatic rings. The van der Waals surface area contributed by atoms with Crippen molar-refractivity contribution >= 4 is 17.3 Å². The number of aliphatic hydroxyl groups excluding tert-OH is 1. The predicted molar refractivity (Wildman–Crippen MR) is 98.5 cm³/mol. The predicted octanol–water partition coefficient (Wildman–Crippen LogP) is 3.32. The maximum absolute atomic E-state index is 13.4. The van der Waals surface area contributed by atoms with Crippen LogP contribution in [0.25, 0.3) is 0 Å². The second kappa shape index (κ2) is 6.15. The average Bonchev–Trinajstić information content (AvgIpc) is 2.71. The van der Waals surface area contributed by atoms with Gasteiger partial charge in [-0.1, -0.05) is 25.5 Å². The number of carbonyl (C=O) groups is 3. The molecular formula is C21H30O5. The summed E-state index contributed by atoms with van der Waals surface area (Å²) in [6.07, 6.45) is 2.20. The Morgan fingerprint density at radius 2 is 1.85 bits per heavy atom. The third kappa shape index (κ3) is 2.68. The number of rotatable bonds is 5. The number of aliphatic hydroxyl groups is 2. The van der Waals surface area contributed by atoms with E-state index >= 15 is 0 Å². The molecule has 2 aliphatic carbocycles. The van der Waals surface area contributed by atoms with Crippen LogP contribution in [0.2, 0.25) is 0 Å². The van der Waals surface area contributed by atoms with Crippen LogP contribution in [0, 0.1) is 22.7 Å². The SMILES string of the molecule is CC(C)=CCC12C[C@H](C(C)(C)O)C(C)(C(=O)C(C(=O)C(C)C)=C1O)C2=O. The van der Waals surface area contributed by atoms with Gasteiger partial charge in [-0.3, -0.25) is 14.4 Å². The Balaban J connectivity index is 2.80. The van der Waals surface area contributed by atoms with Crippen molar-refractivity contribution < 1.29 is 24.6 Å². The Morgan fingerprint density at radius 1 is 1.31 bits per heavy atom. The Kier molecular flexibility index (Phi) is 4.87. The van der Waals surface area contributed by atoms with Crippen LogP contribution in [-0.2, 0) is 14.4 Å². The van der Waals surface area contributed by atoms with Gasteiger partial charge in [0.05, 0.1) is 16.4 Å². The molecule has 2 bridgehead atoms. The molecule has 0 aromatic heterocycles. The van der Waals surface area contributed by atoms with Gasteiger partial charge >= 0.3 is 0 Å². The van der Waals surface area contributed by atoms with Gasteiger partial charge in [0, 0.05) is 11.8 Å². The van der Waals surface area contributed by atoms with Gasteiger partial charge in [0.25, 0.3) is 0 Å². The molecule has 2 N–H and O–H groups in total. The first kappa shape index (κ1) is 20.6. The first-order chi connectivity index (χ1) is 11.7. The zero-order chi connectivity index (χ0) is 20.2. The van der Waals surface area contributed by atoms with Gasteiger partial charge in [0.1, 0.15) is 11.3 Å². The van der Waals surface area contributed by atoms with E-state index in [-0.39, 0.29) is 18.4 Å². The van der Waals surface area contributed by atoms with Crippen LogP contribution in [-0.4, -0.2) is 33.2 Å². The minimum Gasteiger partial charge on any atom is -0.510 e. The Labute approximate surface area is 155 Å². The van der Waals surface area contributed by atoms with Gasteiger partial charge in [-0.05, 0) is 47.5 Å². The molecule has 3 atom stereocenters. The lowest BCUT2D eigenvalue weighted by Crippen LogP contribution is -2.52. The molecule has 144 valence electrons. The normalized spacial score (nSPS) is 31.7. The molecule has 2 unspecified atom stereocenters. The molecule has 0 aliphatic heterocycles. The standard InChI is InChI=1S/C21H30O5/c1-11(2)8-9-21-10-13(19(5,6)26)20(7,18(21)25)16(23)14(17(21)24)15(22)12(3)4/h8,12-13,24,26H,9-10H2,1-7H3/t13-,20?,21?/m1/s1. The van der Waals surface area contributed by atoms with E-state index in [9.17, 15) is 24.6 Å². The van der Waals surface area contributed by atoms with Crippen molar-refractivity contribution in [1.29, 1.82) is 0 Å². The molecule has 0 spiro atoms. The van der Waals surface area contributed by atoms with Crippen LogP contribution in [0.15, 0.2) is 23.0 Å². The molecule has 1 fully saturated rings. The quantitative estimate of drug-likeness (QED) is 0.445. The fourth-order valence-electron chi connectivity index (χ4n) is 4.50. The fraction of sp³-hybridized carbons (Fsp3) is 0.667. The van der Waals surface area contributed by atoms with Crippen molar-refractivity contribution in [3.8, 4) is 0 Å². The fourth-order valence-corrected chi connectivity index (χ4v) is 4.50. The summed E-state index contributed by atoms with van der Waals surface area (Å²) in [7, 11) is 0. The lowest BCUT2D eigenvalue weighted by Gasteiger charge is -2.38. The Hall–Kier alpha value is -1.75. The minimum atomic E-state index is -1.51. The molecule has 0 radical (unpaired) electrons. The first-order valence-electron chi connectivity index (χ1n) is 9.14. The second-order valence-corrected chi connectivity index (χ2v) is 9.08. The average molecular weight is 362 g/mol. The van der Waals surface area contributed by atoms with Crippen molar-refractivity contribution in [3.05, 3.63) is 23.0 Å². The van der Waals surface area contributed by atoms with Crippen LogP contribution < -0.4 is 0 Å². The lowest BCUT2D eigenvalue weighted by molar-refractivity contribution is -0.147. The Bertz CT molecular complexity index is 730. The number of Topliss-reactive ketones (excluding diaryl/α,β-unsaturated/α-hetero) is 3. The molecule has 0 saturated heterocycles. The van der Waals surface area contributed by atoms with Crippen LogP contribution in [0.5, 0.6) is 0 Å². The van der Waals surface area contributed by atoms with Gasteiger partial charge in [-0.25, -0.2) is 0 Å². The number of carbonyl (C=O) groups excluding carboxylic acids is 3. The highest BCUT2D eigenvalue weighted by molar-refractivity contribution is 6.32. The van der Waals surface area contributed by atoms with E-state index in [0.29, 0.717) is 0 Å². The Morgan fingerprint density at radius 3 is 2.27 bits per heavy atom. The summed E-state index contributed by atoms with van der Waals surface area (Å²) in [5, 5.41) is 21.7. The third-order valence-corrected chi connectivity index (χ3v) is 6.03. The van der Waals surface area contributed by atoms with Gasteiger partial charge in [0.2, 0.25) is 0 Å². The van der Waals surface area contributed by atoms with E-state index in [1.807, 2.05) is 19.9 Å². The molecule has 2 rings (SSSR count). The van der Waals surface area contributed by atoms with E-state index in [0.717, 1.165) is 5.57 Å².